The SMILES string of the molecule is COC(=O)CSC(C(Cl)C(=O)OC)S(=O)(=O)c1ccc(C)cc1. The molecule has 23 heavy (non-hydrogen) atoms. The Kier molecular flexibility index (Phi) is 7.37. The highest BCUT2D eigenvalue weighted by molar-refractivity contribution is 8.14. The minimum absolute atomic E-state index is 0.0139. The fourth-order valence-electron chi connectivity index (χ4n) is 1.63. The van der Waals surface area contributed by atoms with Crippen molar-refractivity contribution in [2.24, 2.45) is 0 Å². The van der Waals surface area contributed by atoms with E-state index in [0.29, 0.717) is 11.8 Å². The molecule has 0 amide bonds. The highest BCUT2D eigenvalue weighted by Crippen LogP contribution is 2.31. The summed E-state index contributed by atoms with van der Waals surface area (Å²) in [6.07, 6.45) is 0. The van der Waals surface area contributed by atoms with Gasteiger partial charge in [0, 0.05) is 0 Å². The zero-order chi connectivity index (χ0) is 17.6. The molecule has 0 aliphatic rings. The molecule has 0 bridgehead atoms. The van der Waals surface area contributed by atoms with E-state index in [1.807, 2.05) is 6.92 Å². The minimum atomic E-state index is -3.95. The van der Waals surface area contributed by atoms with Crippen molar-refractivity contribution in [3.05, 3.63) is 29.8 Å². The van der Waals surface area contributed by atoms with Crippen LogP contribution >= 0.6 is 23.4 Å². The van der Waals surface area contributed by atoms with Gasteiger partial charge in [0.25, 0.3) is 0 Å². The molecule has 1 aromatic carbocycles. The van der Waals surface area contributed by atoms with Crippen LogP contribution in [-0.4, -0.2) is 50.3 Å². The molecule has 0 saturated heterocycles. The summed E-state index contributed by atoms with van der Waals surface area (Å²) in [5.74, 6) is -1.76. The number of sulfone groups is 1. The van der Waals surface area contributed by atoms with Crippen LogP contribution in [0.15, 0.2) is 29.2 Å². The minimum Gasteiger partial charge on any atom is -0.468 e. The third kappa shape index (κ3) is 5.12. The van der Waals surface area contributed by atoms with Crippen LogP contribution in [0, 0.1) is 6.92 Å². The Balaban J connectivity index is 3.17. The summed E-state index contributed by atoms with van der Waals surface area (Å²) >= 11 is 6.68. The summed E-state index contributed by atoms with van der Waals surface area (Å²) in [6.45, 7) is 1.82. The van der Waals surface area contributed by atoms with Gasteiger partial charge in [-0.25, -0.2) is 8.42 Å². The molecule has 0 aliphatic heterocycles. The van der Waals surface area contributed by atoms with E-state index < -0.39 is 31.7 Å². The molecule has 0 spiro atoms. The second-order valence-electron chi connectivity index (χ2n) is 4.54. The lowest BCUT2D eigenvalue weighted by atomic mass is 10.2. The Labute approximate surface area is 144 Å². The van der Waals surface area contributed by atoms with Crippen LogP contribution < -0.4 is 0 Å². The molecule has 6 nitrogen and oxygen atoms in total. The number of halogens is 1. The van der Waals surface area contributed by atoms with Crippen molar-refractivity contribution in [3.63, 3.8) is 0 Å². The number of hydrogen-bond acceptors (Lipinski definition) is 7. The molecule has 2 atom stereocenters. The predicted octanol–water partition coefficient (Wildman–Crippen LogP) is 1.78. The van der Waals surface area contributed by atoms with Gasteiger partial charge in [0.2, 0.25) is 0 Å². The molecular formula is C14H17ClO6S2. The van der Waals surface area contributed by atoms with E-state index in [1.54, 1.807) is 12.1 Å². The molecule has 2 unspecified atom stereocenters. The molecule has 0 saturated carbocycles. The van der Waals surface area contributed by atoms with Gasteiger partial charge in [-0.15, -0.1) is 23.4 Å². The number of aryl methyl sites for hydroxylation is 1. The van der Waals surface area contributed by atoms with Gasteiger partial charge in [0.15, 0.2) is 15.2 Å². The van der Waals surface area contributed by atoms with Crippen LogP contribution in [-0.2, 0) is 28.9 Å². The molecule has 0 fully saturated rings. The second kappa shape index (κ2) is 8.56. The first-order chi connectivity index (χ1) is 10.7. The first-order valence-electron chi connectivity index (χ1n) is 6.45. The maximum Gasteiger partial charge on any atom is 0.326 e. The monoisotopic (exact) mass is 380 g/mol. The third-order valence-electron chi connectivity index (χ3n) is 2.91. The molecule has 0 aliphatic carbocycles. The van der Waals surface area contributed by atoms with Gasteiger partial charge in [-0.05, 0) is 19.1 Å². The van der Waals surface area contributed by atoms with Gasteiger partial charge in [-0.1, -0.05) is 17.7 Å². The molecule has 1 rings (SSSR count). The normalized spacial score (nSPS) is 13.9. The average Bonchev–Trinajstić information content (AvgIpc) is 2.53. The lowest BCUT2D eigenvalue weighted by Gasteiger charge is -2.20. The molecule has 128 valence electrons. The molecule has 0 radical (unpaired) electrons. The number of esters is 2. The maximum atomic E-state index is 12.7. The summed E-state index contributed by atoms with van der Waals surface area (Å²) in [4.78, 5) is 23.0. The molecular weight excluding hydrogens is 364 g/mol. The van der Waals surface area contributed by atoms with Gasteiger partial charge < -0.3 is 9.47 Å². The quantitative estimate of drug-likeness (QED) is 0.526. The van der Waals surface area contributed by atoms with E-state index in [9.17, 15) is 18.0 Å². The Morgan fingerprint density at radius 1 is 1.17 bits per heavy atom. The highest BCUT2D eigenvalue weighted by Gasteiger charge is 2.39. The summed E-state index contributed by atoms with van der Waals surface area (Å²) in [6, 6.07) is 6.13. The number of methoxy groups -OCH3 is 2. The number of benzene rings is 1. The molecule has 0 aromatic heterocycles. The summed E-state index contributed by atoms with van der Waals surface area (Å²) in [5, 5.41) is -1.46. The van der Waals surface area contributed by atoms with Crippen LogP contribution in [0.3, 0.4) is 0 Å². The number of carbonyl (C=O) groups excluding carboxylic acids is 2. The number of carbonyl (C=O) groups is 2. The summed E-state index contributed by atoms with van der Waals surface area (Å²) in [5.41, 5.74) is 0.887. The first-order valence-corrected chi connectivity index (χ1v) is 9.48. The van der Waals surface area contributed by atoms with Crippen molar-refractivity contribution in [1.82, 2.24) is 0 Å². The van der Waals surface area contributed by atoms with Crippen LogP contribution in [0.5, 0.6) is 0 Å². The largest absolute Gasteiger partial charge is 0.468 e. The fraction of sp³-hybridized carbons (Fsp3) is 0.429. The standard InChI is InChI=1S/C14H17ClO6S2/c1-9-4-6-10(7-5-9)23(18,19)14(12(15)13(17)21-3)22-8-11(16)20-2/h4-7,12,14H,8H2,1-3H3. The van der Waals surface area contributed by atoms with Crippen molar-refractivity contribution >= 4 is 45.1 Å². The third-order valence-corrected chi connectivity index (χ3v) is 7.63. The predicted molar refractivity (Wildman–Crippen MR) is 88.3 cm³/mol. The molecule has 9 heteroatoms. The Bertz CT molecular complexity index is 656. The molecule has 1 aromatic rings. The van der Waals surface area contributed by atoms with Crippen molar-refractivity contribution in [3.8, 4) is 0 Å². The Morgan fingerprint density at radius 3 is 2.22 bits per heavy atom. The van der Waals surface area contributed by atoms with Crippen LogP contribution in [0.25, 0.3) is 0 Å². The van der Waals surface area contributed by atoms with Gasteiger partial charge in [-0.3, -0.25) is 9.59 Å². The lowest BCUT2D eigenvalue weighted by molar-refractivity contribution is -0.140. The van der Waals surface area contributed by atoms with Crippen molar-refractivity contribution < 1.29 is 27.5 Å². The van der Waals surface area contributed by atoms with Crippen molar-refractivity contribution in [2.45, 2.75) is 21.8 Å². The maximum absolute atomic E-state index is 12.7. The van der Waals surface area contributed by atoms with Crippen LogP contribution in [0.1, 0.15) is 5.56 Å². The van der Waals surface area contributed by atoms with Crippen LogP contribution in [0.4, 0.5) is 0 Å². The van der Waals surface area contributed by atoms with Gasteiger partial charge in [0.1, 0.15) is 4.58 Å². The molecule has 0 heterocycles. The lowest BCUT2D eigenvalue weighted by Crippen LogP contribution is -2.35. The Morgan fingerprint density at radius 2 is 1.74 bits per heavy atom. The first kappa shape index (κ1) is 19.8. The fourth-order valence-corrected chi connectivity index (χ4v) is 5.50. The molecule has 0 N–H and O–H groups in total. The van der Waals surface area contributed by atoms with Crippen molar-refractivity contribution in [1.29, 1.82) is 0 Å². The van der Waals surface area contributed by atoms with Gasteiger partial charge in [0.05, 0.1) is 24.9 Å². The van der Waals surface area contributed by atoms with E-state index in [4.69, 9.17) is 11.6 Å². The summed E-state index contributed by atoms with van der Waals surface area (Å²) in [7, 11) is -1.66. The van der Waals surface area contributed by atoms with Gasteiger partial charge >= 0.3 is 11.9 Å². The summed E-state index contributed by atoms with van der Waals surface area (Å²) < 4.78 is 33.1. The van der Waals surface area contributed by atoms with Crippen molar-refractivity contribution in [2.75, 3.05) is 20.0 Å². The zero-order valence-corrected chi connectivity index (χ0v) is 15.2. The number of hydrogen-bond donors (Lipinski definition) is 0. The van der Waals surface area contributed by atoms with E-state index in [2.05, 4.69) is 9.47 Å². The Hall–Kier alpha value is -1.25. The number of alkyl halides is 1. The van der Waals surface area contributed by atoms with Crippen LogP contribution in [0.2, 0.25) is 0 Å². The second-order valence-corrected chi connectivity index (χ2v) is 8.51. The van der Waals surface area contributed by atoms with E-state index in [1.165, 1.54) is 19.2 Å². The van der Waals surface area contributed by atoms with Gasteiger partial charge in [-0.2, -0.15) is 0 Å². The number of rotatable bonds is 7. The topological polar surface area (TPSA) is 86.7 Å². The zero-order valence-electron chi connectivity index (χ0n) is 12.8. The number of thioether (sulfide) groups is 1. The highest BCUT2D eigenvalue weighted by atomic mass is 35.5. The van der Waals surface area contributed by atoms with E-state index in [0.717, 1.165) is 12.7 Å². The smallest absolute Gasteiger partial charge is 0.326 e. The van der Waals surface area contributed by atoms with E-state index >= 15 is 0 Å². The average molecular weight is 381 g/mol. The number of ether oxygens (including phenoxy) is 2. The van der Waals surface area contributed by atoms with E-state index in [-0.39, 0.29) is 10.6 Å².